The number of nitrogens with one attached hydrogen (secondary N) is 3. The van der Waals surface area contributed by atoms with E-state index in [1.807, 2.05) is 30.3 Å². The monoisotopic (exact) mass is 344 g/mol. The summed E-state index contributed by atoms with van der Waals surface area (Å²) in [5.41, 5.74) is 2.29. The molecule has 25 heavy (non-hydrogen) atoms. The van der Waals surface area contributed by atoms with E-state index in [9.17, 15) is 9.90 Å². The molecule has 0 aliphatic carbocycles. The third-order valence-corrected chi connectivity index (χ3v) is 4.25. The van der Waals surface area contributed by atoms with Crippen LogP contribution in [0.25, 0.3) is 0 Å². The van der Waals surface area contributed by atoms with E-state index in [4.69, 9.17) is 4.74 Å². The highest BCUT2D eigenvalue weighted by molar-refractivity contribution is 5.92. The third-order valence-electron chi connectivity index (χ3n) is 4.25. The first-order valence-electron chi connectivity index (χ1n) is 8.58. The SMILES string of the molecule is O=C(NC(CO)COCc1ccccc1)c1cc(C2CCCN2)[nH]n1. The molecule has 4 N–H and O–H groups in total. The van der Waals surface area contributed by atoms with Crippen molar-refractivity contribution in [3.05, 3.63) is 53.3 Å². The number of amides is 1. The number of H-pyrrole nitrogens is 1. The summed E-state index contributed by atoms with van der Waals surface area (Å²) in [6.07, 6.45) is 2.16. The van der Waals surface area contributed by atoms with Crippen LogP contribution in [0, 0.1) is 0 Å². The Hall–Kier alpha value is -2.22. The van der Waals surface area contributed by atoms with E-state index in [2.05, 4.69) is 20.8 Å². The number of carbonyl (C=O) groups is 1. The molecule has 7 nitrogen and oxygen atoms in total. The van der Waals surface area contributed by atoms with E-state index in [1.54, 1.807) is 6.07 Å². The molecule has 1 aromatic carbocycles. The largest absolute Gasteiger partial charge is 0.394 e. The molecule has 1 amide bonds. The average molecular weight is 344 g/mol. The summed E-state index contributed by atoms with van der Waals surface area (Å²) in [7, 11) is 0. The molecule has 0 spiro atoms. The smallest absolute Gasteiger partial charge is 0.272 e. The van der Waals surface area contributed by atoms with Gasteiger partial charge in [0.25, 0.3) is 5.91 Å². The van der Waals surface area contributed by atoms with Gasteiger partial charge in [0.2, 0.25) is 0 Å². The van der Waals surface area contributed by atoms with E-state index >= 15 is 0 Å². The van der Waals surface area contributed by atoms with Crippen molar-refractivity contribution in [3.8, 4) is 0 Å². The van der Waals surface area contributed by atoms with Crippen molar-refractivity contribution >= 4 is 5.91 Å². The van der Waals surface area contributed by atoms with Crippen LogP contribution in [0.15, 0.2) is 36.4 Å². The molecule has 1 aromatic heterocycles. The van der Waals surface area contributed by atoms with Crippen molar-refractivity contribution in [2.24, 2.45) is 0 Å². The second-order valence-electron chi connectivity index (χ2n) is 6.21. The van der Waals surface area contributed by atoms with Crippen LogP contribution < -0.4 is 10.6 Å². The highest BCUT2D eigenvalue weighted by Gasteiger charge is 2.21. The van der Waals surface area contributed by atoms with Crippen LogP contribution in [-0.2, 0) is 11.3 Å². The lowest BCUT2D eigenvalue weighted by atomic mass is 10.1. The fourth-order valence-corrected chi connectivity index (χ4v) is 2.87. The number of rotatable bonds is 8. The number of aliphatic hydroxyl groups excluding tert-OH is 1. The molecule has 3 rings (SSSR count). The van der Waals surface area contributed by atoms with Gasteiger partial charge in [-0.2, -0.15) is 5.10 Å². The summed E-state index contributed by atoms with van der Waals surface area (Å²) >= 11 is 0. The van der Waals surface area contributed by atoms with E-state index in [1.165, 1.54) is 0 Å². The lowest BCUT2D eigenvalue weighted by Gasteiger charge is -2.15. The molecule has 2 atom stereocenters. The molecule has 2 unspecified atom stereocenters. The van der Waals surface area contributed by atoms with Crippen LogP contribution in [0.5, 0.6) is 0 Å². The predicted molar refractivity (Wildman–Crippen MR) is 93.0 cm³/mol. The molecule has 0 bridgehead atoms. The number of aromatic amines is 1. The number of aliphatic hydroxyl groups is 1. The van der Waals surface area contributed by atoms with Gasteiger partial charge in [0.1, 0.15) is 5.69 Å². The molecule has 1 aliphatic heterocycles. The van der Waals surface area contributed by atoms with Gasteiger partial charge in [-0.05, 0) is 31.0 Å². The number of ether oxygens (including phenoxy) is 1. The Morgan fingerprint density at radius 3 is 2.96 bits per heavy atom. The quantitative estimate of drug-likeness (QED) is 0.576. The Morgan fingerprint density at radius 1 is 1.40 bits per heavy atom. The van der Waals surface area contributed by atoms with Gasteiger partial charge < -0.3 is 20.5 Å². The Morgan fingerprint density at radius 2 is 2.24 bits per heavy atom. The molecular weight excluding hydrogens is 320 g/mol. The number of hydrogen-bond acceptors (Lipinski definition) is 5. The summed E-state index contributed by atoms with van der Waals surface area (Å²) in [6.45, 7) is 1.46. The predicted octanol–water partition coefficient (Wildman–Crippen LogP) is 1.14. The summed E-state index contributed by atoms with van der Waals surface area (Å²) in [4.78, 5) is 12.3. The number of carbonyl (C=O) groups excluding carboxylic acids is 1. The fraction of sp³-hybridized carbons (Fsp3) is 0.444. The highest BCUT2D eigenvalue weighted by atomic mass is 16.5. The summed E-state index contributed by atoms with van der Waals surface area (Å²) in [5.74, 6) is -0.317. The summed E-state index contributed by atoms with van der Waals surface area (Å²) < 4.78 is 5.58. The van der Waals surface area contributed by atoms with Crippen LogP contribution >= 0.6 is 0 Å². The molecule has 0 saturated carbocycles. The molecular formula is C18H24N4O3. The van der Waals surface area contributed by atoms with Gasteiger partial charge in [0, 0.05) is 6.04 Å². The summed E-state index contributed by atoms with van der Waals surface area (Å²) in [5, 5.41) is 22.6. The van der Waals surface area contributed by atoms with Gasteiger partial charge in [0.05, 0.1) is 31.6 Å². The second-order valence-corrected chi connectivity index (χ2v) is 6.21. The molecule has 1 saturated heterocycles. The lowest BCUT2D eigenvalue weighted by Crippen LogP contribution is -2.41. The Labute approximate surface area is 146 Å². The Bertz CT molecular complexity index is 668. The number of benzene rings is 1. The van der Waals surface area contributed by atoms with Crippen molar-refractivity contribution < 1.29 is 14.6 Å². The van der Waals surface area contributed by atoms with Crippen molar-refractivity contribution in [3.63, 3.8) is 0 Å². The molecule has 134 valence electrons. The zero-order valence-corrected chi connectivity index (χ0v) is 14.1. The van der Waals surface area contributed by atoms with Crippen LogP contribution in [0.3, 0.4) is 0 Å². The van der Waals surface area contributed by atoms with Crippen molar-refractivity contribution in [1.82, 2.24) is 20.8 Å². The average Bonchev–Trinajstić information content (AvgIpc) is 3.33. The topological polar surface area (TPSA) is 99.3 Å². The second kappa shape index (κ2) is 8.75. The molecule has 1 fully saturated rings. The number of hydrogen-bond donors (Lipinski definition) is 4. The maximum Gasteiger partial charge on any atom is 0.272 e. The van der Waals surface area contributed by atoms with Gasteiger partial charge in [-0.15, -0.1) is 0 Å². The van der Waals surface area contributed by atoms with Gasteiger partial charge in [0.15, 0.2) is 0 Å². The van der Waals surface area contributed by atoms with Crippen LogP contribution in [0.1, 0.15) is 40.6 Å². The first kappa shape index (κ1) is 17.6. The molecule has 0 radical (unpaired) electrons. The minimum absolute atomic E-state index is 0.192. The van der Waals surface area contributed by atoms with Gasteiger partial charge in [-0.1, -0.05) is 30.3 Å². The van der Waals surface area contributed by atoms with Crippen LogP contribution in [0.4, 0.5) is 0 Å². The molecule has 2 aromatic rings. The van der Waals surface area contributed by atoms with Gasteiger partial charge in [-0.25, -0.2) is 0 Å². The standard InChI is InChI=1S/C18H24N4O3/c23-10-14(12-25-11-13-5-2-1-3-6-13)20-18(24)17-9-16(21-22-17)15-7-4-8-19-15/h1-3,5-6,9,14-15,19,23H,4,7-8,10-12H2,(H,20,24)(H,21,22). The first-order valence-corrected chi connectivity index (χ1v) is 8.58. The van der Waals surface area contributed by atoms with Crippen molar-refractivity contribution in [2.45, 2.75) is 31.5 Å². The van der Waals surface area contributed by atoms with E-state index in [0.717, 1.165) is 30.6 Å². The van der Waals surface area contributed by atoms with Gasteiger partial charge in [-0.3, -0.25) is 9.89 Å². The van der Waals surface area contributed by atoms with Crippen LogP contribution in [-0.4, -0.2) is 47.0 Å². The van der Waals surface area contributed by atoms with Crippen molar-refractivity contribution in [2.75, 3.05) is 19.8 Å². The fourth-order valence-electron chi connectivity index (χ4n) is 2.87. The molecule has 1 aliphatic rings. The third kappa shape index (κ3) is 4.88. The van der Waals surface area contributed by atoms with Gasteiger partial charge >= 0.3 is 0 Å². The summed E-state index contributed by atoms with van der Waals surface area (Å²) in [6, 6.07) is 11.3. The number of nitrogens with zero attached hydrogens (tertiary/aromatic N) is 1. The molecule has 2 heterocycles. The molecule has 7 heteroatoms. The van der Waals surface area contributed by atoms with E-state index < -0.39 is 6.04 Å². The normalized spacial score (nSPS) is 18.2. The minimum atomic E-state index is -0.471. The maximum absolute atomic E-state index is 12.3. The van der Waals surface area contributed by atoms with E-state index in [0.29, 0.717) is 12.3 Å². The van der Waals surface area contributed by atoms with E-state index in [-0.39, 0.29) is 25.2 Å². The maximum atomic E-state index is 12.3. The highest BCUT2D eigenvalue weighted by Crippen LogP contribution is 2.21. The van der Waals surface area contributed by atoms with Crippen molar-refractivity contribution in [1.29, 1.82) is 0 Å². The zero-order valence-electron chi connectivity index (χ0n) is 14.1. The van der Waals surface area contributed by atoms with Crippen LogP contribution in [0.2, 0.25) is 0 Å². The Balaban J connectivity index is 1.48. The first-order chi connectivity index (χ1) is 12.3. The minimum Gasteiger partial charge on any atom is -0.394 e. The lowest BCUT2D eigenvalue weighted by molar-refractivity contribution is 0.0672. The number of aromatic nitrogens is 2. The Kier molecular flexibility index (Phi) is 6.16. The zero-order chi connectivity index (χ0) is 17.5.